The molecular formula is C29H30Cl2N2O3. The molecule has 1 fully saturated rings. The van der Waals surface area contributed by atoms with Gasteiger partial charge in [0, 0.05) is 22.2 Å². The number of amides is 1. The van der Waals surface area contributed by atoms with Crippen LogP contribution in [0.25, 0.3) is 0 Å². The maximum Gasteiger partial charge on any atom is 0.304 e. The van der Waals surface area contributed by atoms with Crippen molar-refractivity contribution in [3.63, 3.8) is 0 Å². The number of carbonyl (C=O) groups is 2. The van der Waals surface area contributed by atoms with Gasteiger partial charge in [-0.25, -0.2) is 0 Å². The third-order valence-electron chi connectivity index (χ3n) is 7.06. The lowest BCUT2D eigenvalue weighted by Crippen LogP contribution is -2.53. The van der Waals surface area contributed by atoms with E-state index in [2.05, 4.69) is 11.9 Å². The molecule has 1 N–H and O–H groups in total. The summed E-state index contributed by atoms with van der Waals surface area (Å²) in [5, 5.41) is 11.0. The molecule has 1 amide bonds. The van der Waals surface area contributed by atoms with Crippen molar-refractivity contribution in [2.24, 2.45) is 5.41 Å². The van der Waals surface area contributed by atoms with Gasteiger partial charge < -0.3 is 10.0 Å². The number of hydrogen-bond donors (Lipinski definition) is 1. The third-order valence-corrected chi connectivity index (χ3v) is 7.55. The molecule has 0 bridgehead atoms. The molecule has 0 unspecified atom stereocenters. The Hall–Kier alpha value is -2.89. The van der Waals surface area contributed by atoms with E-state index in [-0.39, 0.29) is 30.3 Å². The van der Waals surface area contributed by atoms with Gasteiger partial charge in [0.05, 0.1) is 29.6 Å². The second-order valence-corrected chi connectivity index (χ2v) is 10.6. The average Bonchev–Trinajstić information content (AvgIpc) is 2.85. The second kappa shape index (κ2) is 11.0. The average molecular weight is 525 g/mol. The topological polar surface area (TPSA) is 70.5 Å². The molecule has 3 aromatic rings. The number of carboxylic acid groups (broad SMARTS) is 1. The normalized spacial score (nSPS) is 22.9. The highest BCUT2D eigenvalue weighted by atomic mass is 35.5. The molecule has 4 rings (SSSR count). The van der Waals surface area contributed by atoms with Crippen LogP contribution in [-0.4, -0.2) is 26.9 Å². The van der Waals surface area contributed by atoms with Gasteiger partial charge >= 0.3 is 5.97 Å². The van der Waals surface area contributed by atoms with Crippen LogP contribution in [0.5, 0.6) is 0 Å². The Labute approximate surface area is 222 Å². The van der Waals surface area contributed by atoms with E-state index in [1.165, 1.54) is 0 Å². The molecule has 0 aliphatic carbocycles. The van der Waals surface area contributed by atoms with E-state index < -0.39 is 11.4 Å². The maximum absolute atomic E-state index is 14.3. The first kappa shape index (κ1) is 26.2. The molecular weight excluding hydrogens is 495 g/mol. The minimum Gasteiger partial charge on any atom is -0.481 e. The molecule has 7 heteroatoms. The Morgan fingerprint density at radius 2 is 1.83 bits per heavy atom. The van der Waals surface area contributed by atoms with E-state index in [1.807, 2.05) is 71.6 Å². The number of nitrogens with zero attached hydrogens (tertiary/aromatic N) is 2. The SMILES string of the molecule is CCC[C@@H](c1ccccn1)N1C(=O)[C@@](C)(CC(=O)O)C[C@H](c2cccc(Cl)c2)[C@H]1c1ccc(Cl)cc1. The Morgan fingerprint density at radius 3 is 2.44 bits per heavy atom. The van der Waals surface area contributed by atoms with Gasteiger partial charge in [0.2, 0.25) is 5.91 Å². The minimum absolute atomic E-state index is 0.174. The van der Waals surface area contributed by atoms with Gasteiger partial charge in [0.1, 0.15) is 0 Å². The van der Waals surface area contributed by atoms with Crippen LogP contribution in [0.4, 0.5) is 0 Å². The van der Waals surface area contributed by atoms with E-state index in [4.69, 9.17) is 23.2 Å². The smallest absolute Gasteiger partial charge is 0.304 e. The van der Waals surface area contributed by atoms with Gasteiger partial charge in [-0.3, -0.25) is 14.6 Å². The van der Waals surface area contributed by atoms with Gasteiger partial charge in [-0.1, -0.05) is 73.8 Å². The molecule has 36 heavy (non-hydrogen) atoms. The number of benzene rings is 2. The number of likely N-dealkylation sites (tertiary alicyclic amines) is 1. The first-order chi connectivity index (χ1) is 17.2. The number of carboxylic acids is 1. The number of aliphatic carboxylic acids is 1. The molecule has 0 saturated carbocycles. The van der Waals surface area contributed by atoms with Gasteiger partial charge in [0.15, 0.2) is 0 Å². The van der Waals surface area contributed by atoms with Crippen molar-refractivity contribution in [3.05, 3.63) is 99.8 Å². The number of piperidine rings is 1. The molecule has 1 aliphatic rings. The Morgan fingerprint density at radius 1 is 1.08 bits per heavy atom. The summed E-state index contributed by atoms with van der Waals surface area (Å²) in [4.78, 5) is 32.8. The first-order valence-electron chi connectivity index (χ1n) is 12.2. The van der Waals surface area contributed by atoms with Crippen molar-refractivity contribution in [2.75, 3.05) is 0 Å². The Kier molecular flexibility index (Phi) is 8.01. The Balaban J connectivity index is 1.96. The highest BCUT2D eigenvalue weighted by molar-refractivity contribution is 6.30. The molecule has 2 aromatic carbocycles. The van der Waals surface area contributed by atoms with Gasteiger partial charge in [-0.15, -0.1) is 0 Å². The molecule has 0 spiro atoms. The predicted molar refractivity (Wildman–Crippen MR) is 142 cm³/mol. The van der Waals surface area contributed by atoms with Gasteiger partial charge in [-0.2, -0.15) is 0 Å². The molecule has 1 aromatic heterocycles. The fraction of sp³-hybridized carbons (Fsp3) is 0.345. The summed E-state index contributed by atoms with van der Waals surface area (Å²) in [6.45, 7) is 3.85. The standard InChI is InChI=1S/C29H30Cl2N2O3/c1-3-7-25(24-10-4-5-15-32-24)33-27(19-11-13-21(30)14-12-19)23(20-8-6-9-22(31)16-20)17-29(2,28(33)36)18-26(34)35/h4-6,8-16,23,25,27H,3,7,17-18H2,1-2H3,(H,34,35)/t23-,25+,27-,29-/m1/s1. The summed E-state index contributed by atoms with van der Waals surface area (Å²) in [7, 11) is 0. The number of rotatable bonds is 8. The maximum atomic E-state index is 14.3. The molecule has 0 radical (unpaired) electrons. The molecule has 1 aliphatic heterocycles. The monoisotopic (exact) mass is 524 g/mol. The first-order valence-corrected chi connectivity index (χ1v) is 13.0. The lowest BCUT2D eigenvalue weighted by molar-refractivity contribution is -0.161. The van der Waals surface area contributed by atoms with Crippen LogP contribution in [0.2, 0.25) is 10.0 Å². The number of carbonyl (C=O) groups excluding carboxylic acids is 1. The van der Waals surface area contributed by atoms with Crippen LogP contribution in [0.15, 0.2) is 72.9 Å². The van der Waals surface area contributed by atoms with Crippen LogP contribution in [0.1, 0.15) is 74.4 Å². The van der Waals surface area contributed by atoms with Crippen molar-refractivity contribution < 1.29 is 14.7 Å². The summed E-state index contributed by atoms with van der Waals surface area (Å²) in [6, 6.07) is 20.2. The van der Waals surface area contributed by atoms with Crippen LogP contribution < -0.4 is 0 Å². The lowest BCUT2D eigenvalue weighted by Gasteiger charge is -2.51. The van der Waals surface area contributed by atoms with Crippen molar-refractivity contribution in [1.82, 2.24) is 9.88 Å². The second-order valence-electron chi connectivity index (χ2n) is 9.76. The van der Waals surface area contributed by atoms with Crippen LogP contribution >= 0.6 is 23.2 Å². The number of hydrogen-bond acceptors (Lipinski definition) is 3. The molecule has 188 valence electrons. The molecule has 5 nitrogen and oxygen atoms in total. The van der Waals surface area contributed by atoms with Crippen molar-refractivity contribution in [2.45, 2.75) is 57.5 Å². The highest BCUT2D eigenvalue weighted by Crippen LogP contribution is 2.54. The fourth-order valence-electron chi connectivity index (χ4n) is 5.50. The van der Waals surface area contributed by atoms with E-state index in [0.717, 1.165) is 23.2 Å². The van der Waals surface area contributed by atoms with E-state index in [1.54, 1.807) is 13.1 Å². The number of halogens is 2. The quantitative estimate of drug-likeness (QED) is 0.331. The van der Waals surface area contributed by atoms with Crippen molar-refractivity contribution in [1.29, 1.82) is 0 Å². The molecule has 4 atom stereocenters. The van der Waals surface area contributed by atoms with Crippen LogP contribution in [-0.2, 0) is 9.59 Å². The Bertz CT molecular complexity index is 1220. The summed E-state index contributed by atoms with van der Waals surface area (Å²) in [5.74, 6) is -1.35. The third kappa shape index (κ3) is 5.42. The molecule has 2 heterocycles. The van der Waals surface area contributed by atoms with Crippen LogP contribution in [0, 0.1) is 5.41 Å². The van der Waals surface area contributed by atoms with E-state index >= 15 is 0 Å². The number of aromatic nitrogens is 1. The summed E-state index contributed by atoms with van der Waals surface area (Å²) in [5.41, 5.74) is 1.60. The summed E-state index contributed by atoms with van der Waals surface area (Å²) < 4.78 is 0. The van der Waals surface area contributed by atoms with E-state index in [9.17, 15) is 14.7 Å². The van der Waals surface area contributed by atoms with Gasteiger partial charge in [0.25, 0.3) is 0 Å². The van der Waals surface area contributed by atoms with Gasteiger partial charge in [-0.05, 0) is 60.4 Å². The molecule has 1 saturated heterocycles. The lowest BCUT2D eigenvalue weighted by atomic mass is 9.67. The van der Waals surface area contributed by atoms with Crippen molar-refractivity contribution in [3.8, 4) is 0 Å². The zero-order valence-electron chi connectivity index (χ0n) is 20.4. The zero-order valence-corrected chi connectivity index (χ0v) is 21.9. The highest BCUT2D eigenvalue weighted by Gasteiger charge is 2.52. The summed E-state index contributed by atoms with van der Waals surface area (Å²) >= 11 is 12.6. The predicted octanol–water partition coefficient (Wildman–Crippen LogP) is 7.47. The largest absolute Gasteiger partial charge is 0.481 e. The zero-order chi connectivity index (χ0) is 25.9. The summed E-state index contributed by atoms with van der Waals surface area (Å²) in [6.07, 6.45) is 3.37. The van der Waals surface area contributed by atoms with Crippen LogP contribution in [0.3, 0.4) is 0 Å². The number of pyridine rings is 1. The fourth-order valence-corrected chi connectivity index (χ4v) is 5.82. The minimum atomic E-state index is -1.09. The van der Waals surface area contributed by atoms with E-state index in [0.29, 0.717) is 22.9 Å². The van der Waals surface area contributed by atoms with Crippen molar-refractivity contribution >= 4 is 35.1 Å².